The number of likely N-dealkylation sites (tertiary alicyclic amines) is 1. The number of rotatable bonds is 2. The van der Waals surface area contributed by atoms with Crippen molar-refractivity contribution in [1.82, 2.24) is 19.9 Å². The highest BCUT2D eigenvalue weighted by Gasteiger charge is 2.32. The van der Waals surface area contributed by atoms with Crippen LogP contribution in [0.15, 0.2) is 47.3 Å². The molecule has 1 fully saturated rings. The smallest absolute Gasteiger partial charge is 0.323 e. The summed E-state index contributed by atoms with van der Waals surface area (Å²) < 4.78 is 1.15. The molecule has 0 aliphatic carbocycles. The highest BCUT2D eigenvalue weighted by atomic mass is 32.1. The molecular formula is C19H16N4O2S. The van der Waals surface area contributed by atoms with Gasteiger partial charge in [0, 0.05) is 12.1 Å². The molecule has 7 heteroatoms. The fourth-order valence-corrected chi connectivity index (χ4v) is 4.75. The van der Waals surface area contributed by atoms with Gasteiger partial charge in [-0.05, 0) is 43.2 Å². The van der Waals surface area contributed by atoms with Gasteiger partial charge in [-0.3, -0.25) is 4.79 Å². The standard InChI is InChI=1S/C19H16N4O2S/c24-18(11-7-8-12-14(10-11)22-19(25)21-12)23-9-3-5-15(23)17-20-13-4-1-2-6-16(13)26-17/h1-2,4,6-8,10,15H,3,5,9H2,(H2,21,22,25)/t15-/m0/s1. The lowest BCUT2D eigenvalue weighted by Crippen LogP contribution is -2.30. The second kappa shape index (κ2) is 5.81. The number of thiazole rings is 1. The third-order valence-corrected chi connectivity index (χ3v) is 6.01. The zero-order chi connectivity index (χ0) is 17.7. The van der Waals surface area contributed by atoms with Crippen LogP contribution in [0.2, 0.25) is 0 Å². The van der Waals surface area contributed by atoms with E-state index in [1.165, 1.54) is 0 Å². The van der Waals surface area contributed by atoms with E-state index in [4.69, 9.17) is 4.98 Å². The molecular weight excluding hydrogens is 348 g/mol. The van der Waals surface area contributed by atoms with Crippen molar-refractivity contribution in [3.8, 4) is 0 Å². The van der Waals surface area contributed by atoms with E-state index in [-0.39, 0.29) is 17.6 Å². The normalized spacial score (nSPS) is 17.4. The zero-order valence-corrected chi connectivity index (χ0v) is 14.7. The van der Waals surface area contributed by atoms with Gasteiger partial charge in [-0.25, -0.2) is 9.78 Å². The number of imidazole rings is 1. The summed E-state index contributed by atoms with van der Waals surface area (Å²) in [6.07, 6.45) is 1.89. The Morgan fingerprint density at radius 3 is 2.88 bits per heavy atom. The second-order valence-electron chi connectivity index (χ2n) is 6.52. The maximum absolute atomic E-state index is 13.1. The Kier molecular flexibility index (Phi) is 3.43. The Morgan fingerprint density at radius 1 is 1.15 bits per heavy atom. The molecule has 5 rings (SSSR count). The maximum Gasteiger partial charge on any atom is 0.323 e. The third kappa shape index (κ3) is 2.43. The quantitative estimate of drug-likeness (QED) is 0.572. The number of fused-ring (bicyclic) bond motifs is 2. The molecule has 1 aliphatic rings. The van der Waals surface area contributed by atoms with Gasteiger partial charge in [-0.1, -0.05) is 12.1 Å². The van der Waals surface area contributed by atoms with Crippen molar-refractivity contribution in [2.45, 2.75) is 18.9 Å². The first-order valence-electron chi connectivity index (χ1n) is 8.57. The largest absolute Gasteiger partial charge is 0.329 e. The number of carbonyl (C=O) groups is 1. The molecule has 2 N–H and O–H groups in total. The number of carbonyl (C=O) groups excluding carboxylic acids is 1. The molecule has 2 aromatic carbocycles. The molecule has 6 nitrogen and oxygen atoms in total. The summed E-state index contributed by atoms with van der Waals surface area (Å²) in [5.41, 5.74) is 2.66. The maximum atomic E-state index is 13.1. The average molecular weight is 364 g/mol. The van der Waals surface area contributed by atoms with Gasteiger partial charge in [0.1, 0.15) is 5.01 Å². The van der Waals surface area contributed by atoms with Crippen LogP contribution in [0.5, 0.6) is 0 Å². The lowest BCUT2D eigenvalue weighted by atomic mass is 10.1. The molecule has 0 spiro atoms. The molecule has 2 aromatic heterocycles. The van der Waals surface area contributed by atoms with E-state index in [0.29, 0.717) is 16.6 Å². The molecule has 1 amide bonds. The van der Waals surface area contributed by atoms with Crippen LogP contribution >= 0.6 is 11.3 Å². The number of H-pyrrole nitrogens is 2. The van der Waals surface area contributed by atoms with E-state index in [1.807, 2.05) is 23.1 Å². The van der Waals surface area contributed by atoms with Crippen LogP contribution in [-0.4, -0.2) is 32.3 Å². The molecule has 3 heterocycles. The van der Waals surface area contributed by atoms with Crippen LogP contribution in [0.4, 0.5) is 0 Å². The minimum Gasteiger partial charge on any atom is -0.329 e. The zero-order valence-electron chi connectivity index (χ0n) is 13.9. The van der Waals surface area contributed by atoms with E-state index in [1.54, 1.807) is 29.5 Å². The van der Waals surface area contributed by atoms with Gasteiger partial charge in [0.15, 0.2) is 0 Å². The van der Waals surface area contributed by atoms with Gasteiger partial charge in [0.05, 0.1) is 27.3 Å². The first-order chi connectivity index (χ1) is 12.7. The summed E-state index contributed by atoms with van der Waals surface area (Å²) in [4.78, 5) is 36.6. The summed E-state index contributed by atoms with van der Waals surface area (Å²) in [5, 5.41) is 0.994. The lowest BCUT2D eigenvalue weighted by Gasteiger charge is -2.23. The molecule has 1 aliphatic heterocycles. The highest BCUT2D eigenvalue weighted by Crippen LogP contribution is 2.37. The van der Waals surface area contributed by atoms with E-state index >= 15 is 0 Å². The van der Waals surface area contributed by atoms with Crippen LogP contribution in [0.25, 0.3) is 21.3 Å². The minimum atomic E-state index is -0.266. The van der Waals surface area contributed by atoms with Crippen LogP contribution < -0.4 is 5.69 Å². The van der Waals surface area contributed by atoms with Crippen LogP contribution in [0.1, 0.15) is 34.2 Å². The Bertz CT molecular complexity index is 1160. The van der Waals surface area contributed by atoms with Crippen molar-refractivity contribution in [1.29, 1.82) is 0 Å². The monoisotopic (exact) mass is 364 g/mol. The number of para-hydroxylation sites is 1. The fraction of sp³-hybridized carbons (Fsp3) is 0.211. The van der Waals surface area contributed by atoms with Crippen molar-refractivity contribution in [2.75, 3.05) is 6.54 Å². The number of hydrogen-bond acceptors (Lipinski definition) is 4. The Labute approximate surface area is 152 Å². The summed E-state index contributed by atoms with van der Waals surface area (Å²) in [6, 6.07) is 13.3. The second-order valence-corrected chi connectivity index (χ2v) is 7.58. The fourth-order valence-electron chi connectivity index (χ4n) is 3.63. The van der Waals surface area contributed by atoms with Crippen molar-refractivity contribution in [3.63, 3.8) is 0 Å². The Hall–Kier alpha value is -2.93. The van der Waals surface area contributed by atoms with E-state index < -0.39 is 0 Å². The predicted octanol–water partition coefficient (Wildman–Crippen LogP) is 3.44. The molecule has 0 radical (unpaired) electrons. The molecule has 0 saturated carbocycles. The average Bonchev–Trinajstić information content (AvgIpc) is 3.36. The van der Waals surface area contributed by atoms with Crippen molar-refractivity contribution < 1.29 is 4.79 Å². The highest BCUT2D eigenvalue weighted by molar-refractivity contribution is 7.18. The first kappa shape index (κ1) is 15.3. The van der Waals surface area contributed by atoms with Gasteiger partial charge in [0.25, 0.3) is 5.91 Å². The first-order valence-corrected chi connectivity index (χ1v) is 9.39. The topological polar surface area (TPSA) is 81.8 Å². The van der Waals surface area contributed by atoms with Crippen LogP contribution in [-0.2, 0) is 0 Å². The van der Waals surface area contributed by atoms with Gasteiger partial charge in [0.2, 0.25) is 0 Å². The van der Waals surface area contributed by atoms with Gasteiger partial charge < -0.3 is 14.9 Å². The van der Waals surface area contributed by atoms with Gasteiger partial charge in [-0.15, -0.1) is 11.3 Å². The predicted molar refractivity (Wildman–Crippen MR) is 102 cm³/mol. The summed E-state index contributed by atoms with van der Waals surface area (Å²) in [6.45, 7) is 0.723. The number of nitrogens with zero attached hydrogens (tertiary/aromatic N) is 2. The third-order valence-electron chi connectivity index (χ3n) is 4.87. The number of amides is 1. The van der Waals surface area contributed by atoms with E-state index in [0.717, 1.165) is 34.6 Å². The number of benzene rings is 2. The molecule has 26 heavy (non-hydrogen) atoms. The number of aromatic amines is 2. The van der Waals surface area contributed by atoms with Crippen molar-refractivity contribution >= 4 is 38.5 Å². The van der Waals surface area contributed by atoms with Crippen LogP contribution in [0.3, 0.4) is 0 Å². The molecule has 1 saturated heterocycles. The summed E-state index contributed by atoms with van der Waals surface area (Å²) in [7, 11) is 0. The summed E-state index contributed by atoms with van der Waals surface area (Å²) >= 11 is 1.66. The van der Waals surface area contributed by atoms with Crippen molar-refractivity contribution in [2.24, 2.45) is 0 Å². The summed E-state index contributed by atoms with van der Waals surface area (Å²) in [5.74, 6) is -0.0179. The van der Waals surface area contributed by atoms with Crippen molar-refractivity contribution in [3.05, 3.63) is 63.5 Å². The number of nitrogens with one attached hydrogen (secondary N) is 2. The molecule has 0 unspecified atom stereocenters. The van der Waals surface area contributed by atoms with Gasteiger partial charge in [-0.2, -0.15) is 0 Å². The SMILES string of the molecule is O=C(c1ccc2[nH]c(=O)[nH]c2c1)N1CCC[C@H]1c1nc2ccccc2s1. The molecule has 1 atom stereocenters. The Balaban J connectivity index is 1.50. The molecule has 4 aromatic rings. The van der Waals surface area contributed by atoms with E-state index in [9.17, 15) is 9.59 Å². The number of aromatic nitrogens is 3. The number of hydrogen-bond donors (Lipinski definition) is 2. The Morgan fingerprint density at radius 2 is 2.00 bits per heavy atom. The van der Waals surface area contributed by atoms with Gasteiger partial charge >= 0.3 is 5.69 Å². The minimum absolute atomic E-state index is 0.0147. The van der Waals surface area contributed by atoms with E-state index in [2.05, 4.69) is 16.0 Å². The van der Waals surface area contributed by atoms with Crippen LogP contribution in [0, 0.1) is 0 Å². The lowest BCUT2D eigenvalue weighted by molar-refractivity contribution is 0.0735. The molecule has 130 valence electrons. The molecule has 0 bridgehead atoms.